The van der Waals surface area contributed by atoms with Crippen LogP contribution < -0.4 is 5.32 Å². The first-order valence-corrected chi connectivity index (χ1v) is 9.08. The van der Waals surface area contributed by atoms with Crippen LogP contribution in [0.5, 0.6) is 0 Å². The molecule has 0 saturated carbocycles. The van der Waals surface area contributed by atoms with E-state index in [4.69, 9.17) is 4.74 Å². The van der Waals surface area contributed by atoms with Gasteiger partial charge in [0.25, 0.3) is 0 Å². The Morgan fingerprint density at radius 3 is 2.68 bits per heavy atom. The van der Waals surface area contributed by atoms with Crippen molar-refractivity contribution in [2.45, 2.75) is 19.8 Å². The van der Waals surface area contributed by atoms with Crippen molar-refractivity contribution in [2.75, 3.05) is 58.4 Å². The Balaban J connectivity index is 2.43. The van der Waals surface area contributed by atoms with Crippen molar-refractivity contribution in [2.24, 2.45) is 5.41 Å². The Morgan fingerprint density at radius 1 is 1.42 bits per heavy atom. The van der Waals surface area contributed by atoms with Crippen molar-refractivity contribution in [1.82, 2.24) is 10.2 Å². The van der Waals surface area contributed by atoms with Gasteiger partial charge in [-0.05, 0) is 26.4 Å². The summed E-state index contributed by atoms with van der Waals surface area (Å²) in [6.45, 7) is 7.19. The van der Waals surface area contributed by atoms with Gasteiger partial charge in [0.2, 0.25) is 0 Å². The first-order chi connectivity index (χ1) is 8.87. The van der Waals surface area contributed by atoms with E-state index in [9.17, 15) is 8.42 Å². The molecule has 114 valence electrons. The molecule has 6 heteroatoms. The van der Waals surface area contributed by atoms with Crippen molar-refractivity contribution in [3.63, 3.8) is 0 Å². The molecule has 0 bridgehead atoms. The number of nitrogens with one attached hydrogen (secondary N) is 1. The maximum absolute atomic E-state index is 11.2. The topological polar surface area (TPSA) is 58.6 Å². The van der Waals surface area contributed by atoms with E-state index in [1.165, 1.54) is 6.26 Å². The summed E-state index contributed by atoms with van der Waals surface area (Å²) in [4.78, 5) is 2.11. The summed E-state index contributed by atoms with van der Waals surface area (Å²) in [6.07, 6.45) is 3.46. The highest BCUT2D eigenvalue weighted by Crippen LogP contribution is 2.28. The average molecular weight is 292 g/mol. The normalized spacial score (nSPS) is 24.2. The van der Waals surface area contributed by atoms with E-state index in [-0.39, 0.29) is 11.2 Å². The molecular formula is C13H28N2O3S. The van der Waals surface area contributed by atoms with Crippen LogP contribution in [0.3, 0.4) is 0 Å². The van der Waals surface area contributed by atoms with Crippen molar-refractivity contribution in [1.29, 1.82) is 0 Å². The number of hydrogen-bond acceptors (Lipinski definition) is 5. The fraction of sp³-hybridized carbons (Fsp3) is 1.00. The molecule has 0 aromatic carbocycles. The third kappa shape index (κ3) is 6.70. The lowest BCUT2D eigenvalue weighted by Gasteiger charge is -2.32. The zero-order valence-corrected chi connectivity index (χ0v) is 13.3. The van der Waals surface area contributed by atoms with Gasteiger partial charge >= 0.3 is 0 Å². The molecule has 0 radical (unpaired) electrons. The molecule has 0 amide bonds. The summed E-state index contributed by atoms with van der Waals surface area (Å²) in [5.74, 6) is 0.225. The zero-order valence-electron chi connectivity index (χ0n) is 12.4. The summed E-state index contributed by atoms with van der Waals surface area (Å²) < 4.78 is 28.0. The molecule has 1 aliphatic heterocycles. The average Bonchev–Trinajstić information content (AvgIpc) is 2.75. The number of rotatable bonds is 9. The Labute approximate surface area is 117 Å². The van der Waals surface area contributed by atoms with Crippen LogP contribution in [-0.4, -0.2) is 71.8 Å². The molecule has 1 saturated heterocycles. The number of ether oxygens (including phenoxy) is 1. The van der Waals surface area contributed by atoms with Gasteiger partial charge in [-0.25, -0.2) is 8.42 Å². The standard InChI is InChI=1S/C13H28N2O3S/c1-4-6-14-10-13(5-8-18-12-13)11-15(2)7-9-19(3,16)17/h14H,4-12H2,1-3H3. The van der Waals surface area contributed by atoms with Crippen LogP contribution in [-0.2, 0) is 14.6 Å². The predicted octanol–water partition coefficient (Wildman–Crippen LogP) is 0.369. The van der Waals surface area contributed by atoms with Gasteiger partial charge in [-0.2, -0.15) is 0 Å². The van der Waals surface area contributed by atoms with E-state index in [1.54, 1.807) is 0 Å². The van der Waals surface area contributed by atoms with Crippen LogP contribution in [0.2, 0.25) is 0 Å². The molecule has 1 rings (SSSR count). The Morgan fingerprint density at radius 2 is 2.16 bits per heavy atom. The maximum Gasteiger partial charge on any atom is 0.148 e. The fourth-order valence-corrected chi connectivity index (χ4v) is 3.12. The molecule has 1 heterocycles. The monoisotopic (exact) mass is 292 g/mol. The van der Waals surface area contributed by atoms with Gasteiger partial charge in [-0.3, -0.25) is 0 Å². The van der Waals surface area contributed by atoms with Gasteiger partial charge in [0, 0.05) is 37.9 Å². The molecule has 1 atom stereocenters. The minimum Gasteiger partial charge on any atom is -0.381 e. The van der Waals surface area contributed by atoms with Gasteiger partial charge in [0.15, 0.2) is 0 Å². The molecule has 5 nitrogen and oxygen atoms in total. The third-order valence-corrected chi connectivity index (χ3v) is 4.49. The maximum atomic E-state index is 11.2. The van der Waals surface area contributed by atoms with Crippen LogP contribution in [0.1, 0.15) is 19.8 Å². The lowest BCUT2D eigenvalue weighted by molar-refractivity contribution is 0.121. The quantitative estimate of drug-likeness (QED) is 0.622. The minimum atomic E-state index is -2.88. The van der Waals surface area contributed by atoms with Crippen LogP contribution in [0.25, 0.3) is 0 Å². The SMILES string of the molecule is CCCNCC1(CN(C)CCS(C)(=O)=O)CCOC1. The Kier molecular flexibility index (Phi) is 6.73. The van der Waals surface area contributed by atoms with Gasteiger partial charge in [0.1, 0.15) is 9.84 Å². The highest BCUT2D eigenvalue weighted by atomic mass is 32.2. The second kappa shape index (κ2) is 7.57. The molecule has 0 aromatic heterocycles. The van der Waals surface area contributed by atoms with Crippen LogP contribution in [0.15, 0.2) is 0 Å². The first kappa shape index (κ1) is 16.9. The van der Waals surface area contributed by atoms with Gasteiger partial charge in [0.05, 0.1) is 12.4 Å². The smallest absolute Gasteiger partial charge is 0.148 e. The Bertz CT molecular complexity index is 351. The molecule has 1 aliphatic rings. The van der Waals surface area contributed by atoms with E-state index < -0.39 is 9.84 Å². The van der Waals surface area contributed by atoms with E-state index in [0.717, 1.165) is 45.7 Å². The lowest BCUT2D eigenvalue weighted by Crippen LogP contribution is -2.44. The third-order valence-electron chi connectivity index (χ3n) is 3.56. The van der Waals surface area contributed by atoms with Crippen molar-refractivity contribution in [3.05, 3.63) is 0 Å². The second-order valence-electron chi connectivity index (χ2n) is 5.85. The van der Waals surface area contributed by atoms with Crippen LogP contribution in [0, 0.1) is 5.41 Å². The van der Waals surface area contributed by atoms with Crippen LogP contribution in [0.4, 0.5) is 0 Å². The van der Waals surface area contributed by atoms with Gasteiger partial charge in [-0.1, -0.05) is 6.92 Å². The van der Waals surface area contributed by atoms with Crippen molar-refractivity contribution < 1.29 is 13.2 Å². The predicted molar refractivity (Wildman–Crippen MR) is 78.2 cm³/mol. The summed E-state index contributed by atoms with van der Waals surface area (Å²) >= 11 is 0. The van der Waals surface area contributed by atoms with E-state index in [2.05, 4.69) is 17.1 Å². The summed E-state index contributed by atoms with van der Waals surface area (Å²) in [6, 6.07) is 0. The van der Waals surface area contributed by atoms with Gasteiger partial charge < -0.3 is 15.0 Å². The molecule has 1 N–H and O–H groups in total. The first-order valence-electron chi connectivity index (χ1n) is 7.02. The van der Waals surface area contributed by atoms with E-state index in [1.807, 2.05) is 7.05 Å². The molecular weight excluding hydrogens is 264 g/mol. The fourth-order valence-electron chi connectivity index (χ4n) is 2.47. The van der Waals surface area contributed by atoms with E-state index in [0.29, 0.717) is 6.54 Å². The van der Waals surface area contributed by atoms with Crippen molar-refractivity contribution in [3.8, 4) is 0 Å². The minimum absolute atomic E-state index is 0.140. The molecule has 19 heavy (non-hydrogen) atoms. The number of sulfone groups is 1. The molecule has 1 fully saturated rings. The van der Waals surface area contributed by atoms with E-state index >= 15 is 0 Å². The highest BCUT2D eigenvalue weighted by molar-refractivity contribution is 7.90. The molecule has 0 aromatic rings. The van der Waals surface area contributed by atoms with Gasteiger partial charge in [-0.15, -0.1) is 0 Å². The Hall–Kier alpha value is -0.170. The summed E-state index contributed by atoms with van der Waals surface area (Å²) in [7, 11) is -0.891. The molecule has 0 spiro atoms. The van der Waals surface area contributed by atoms with Crippen LogP contribution >= 0.6 is 0 Å². The van der Waals surface area contributed by atoms with Crippen molar-refractivity contribution >= 4 is 9.84 Å². The largest absolute Gasteiger partial charge is 0.381 e. The second-order valence-corrected chi connectivity index (χ2v) is 8.11. The number of hydrogen-bond donors (Lipinski definition) is 1. The molecule has 0 aliphatic carbocycles. The highest BCUT2D eigenvalue weighted by Gasteiger charge is 2.35. The zero-order chi connectivity index (χ0) is 14.4. The summed E-state index contributed by atoms with van der Waals surface area (Å²) in [5.41, 5.74) is 0.140. The summed E-state index contributed by atoms with van der Waals surface area (Å²) in [5, 5.41) is 3.47. The lowest BCUT2D eigenvalue weighted by atomic mass is 9.86. The molecule has 1 unspecified atom stereocenters. The number of nitrogens with zero attached hydrogens (tertiary/aromatic N) is 1.